The molecular formula is C22H24N2O3. The average molecular weight is 364 g/mol. The van der Waals surface area contributed by atoms with Gasteiger partial charge in [-0.2, -0.15) is 0 Å². The van der Waals surface area contributed by atoms with Crippen LogP contribution in [0.15, 0.2) is 30.3 Å². The number of hydrogen-bond donors (Lipinski definition) is 1. The quantitative estimate of drug-likeness (QED) is 0.909. The smallest absolute Gasteiger partial charge is 0.321 e. The van der Waals surface area contributed by atoms with Crippen molar-refractivity contribution >= 4 is 11.7 Å². The number of urea groups is 1. The lowest BCUT2D eigenvalue weighted by atomic mass is 9.97. The Morgan fingerprint density at radius 1 is 1.07 bits per heavy atom. The summed E-state index contributed by atoms with van der Waals surface area (Å²) in [6, 6.07) is 10.3. The standard InChI is InChI=1S/C22H24N2O3/c25-22(24-11-3-5-15-4-1-2-6-19(15)24)23-10-7-18-17-9-13-26-20(17)14-16-8-12-27-21(16)18/h1-2,4,6,14H,3,5,7-13H2,(H,23,25). The summed E-state index contributed by atoms with van der Waals surface area (Å²) < 4.78 is 11.7. The van der Waals surface area contributed by atoms with Crippen molar-refractivity contribution in [3.63, 3.8) is 0 Å². The number of ether oxygens (including phenoxy) is 2. The number of nitrogens with zero attached hydrogens (tertiary/aromatic N) is 1. The highest BCUT2D eigenvalue weighted by atomic mass is 16.5. The number of para-hydroxylation sites is 1. The molecule has 0 atom stereocenters. The van der Waals surface area contributed by atoms with E-state index in [0.717, 1.165) is 69.0 Å². The van der Waals surface area contributed by atoms with Gasteiger partial charge in [-0.15, -0.1) is 0 Å². The Labute approximate surface area is 159 Å². The summed E-state index contributed by atoms with van der Waals surface area (Å²) in [6.45, 7) is 2.85. The molecule has 140 valence electrons. The molecule has 0 saturated heterocycles. The summed E-state index contributed by atoms with van der Waals surface area (Å²) >= 11 is 0. The predicted octanol–water partition coefficient (Wildman–Crippen LogP) is 3.26. The maximum atomic E-state index is 12.8. The average Bonchev–Trinajstić information content (AvgIpc) is 3.36. The van der Waals surface area contributed by atoms with Crippen molar-refractivity contribution in [1.82, 2.24) is 5.32 Å². The van der Waals surface area contributed by atoms with Gasteiger partial charge in [0.2, 0.25) is 0 Å². The molecule has 2 aromatic rings. The summed E-state index contributed by atoms with van der Waals surface area (Å²) in [7, 11) is 0. The third kappa shape index (κ3) is 2.91. The van der Waals surface area contributed by atoms with Gasteiger partial charge in [-0.1, -0.05) is 18.2 Å². The molecule has 0 spiro atoms. The van der Waals surface area contributed by atoms with Crippen LogP contribution in [0.1, 0.15) is 28.7 Å². The summed E-state index contributed by atoms with van der Waals surface area (Å²) in [4.78, 5) is 14.7. The molecule has 2 aromatic carbocycles. The normalized spacial score (nSPS) is 16.8. The van der Waals surface area contributed by atoms with E-state index in [1.165, 1.54) is 22.3 Å². The molecule has 3 heterocycles. The zero-order valence-corrected chi connectivity index (χ0v) is 15.4. The van der Waals surface area contributed by atoms with Gasteiger partial charge in [-0.25, -0.2) is 4.79 Å². The van der Waals surface area contributed by atoms with E-state index in [1.807, 2.05) is 23.1 Å². The second kappa shape index (κ2) is 6.80. The van der Waals surface area contributed by atoms with Crippen molar-refractivity contribution in [2.45, 2.75) is 32.1 Å². The maximum absolute atomic E-state index is 12.8. The van der Waals surface area contributed by atoms with Crippen molar-refractivity contribution in [3.8, 4) is 11.5 Å². The molecule has 2 amide bonds. The summed E-state index contributed by atoms with van der Waals surface area (Å²) in [5.41, 5.74) is 6.01. The van der Waals surface area contributed by atoms with Crippen molar-refractivity contribution in [2.75, 3.05) is 31.2 Å². The van der Waals surface area contributed by atoms with Gasteiger partial charge < -0.3 is 14.8 Å². The number of aryl methyl sites for hydroxylation is 1. The molecule has 0 radical (unpaired) electrons. The highest BCUT2D eigenvalue weighted by Gasteiger charge is 2.27. The first-order chi connectivity index (χ1) is 13.3. The Morgan fingerprint density at radius 2 is 1.96 bits per heavy atom. The van der Waals surface area contributed by atoms with E-state index in [2.05, 4.69) is 17.4 Å². The minimum absolute atomic E-state index is 0.0106. The Morgan fingerprint density at radius 3 is 2.93 bits per heavy atom. The lowest BCUT2D eigenvalue weighted by Gasteiger charge is -2.29. The summed E-state index contributed by atoms with van der Waals surface area (Å²) in [6.07, 6.45) is 4.69. The van der Waals surface area contributed by atoms with Crippen molar-refractivity contribution in [1.29, 1.82) is 0 Å². The SMILES string of the molecule is O=C(NCCc1c2c(cc3c1OCC3)OCC2)N1CCCc2ccccc21. The van der Waals surface area contributed by atoms with Crippen LogP contribution in [0, 0.1) is 0 Å². The molecule has 1 N–H and O–H groups in total. The number of carbonyl (C=O) groups is 1. The first-order valence-electron chi connectivity index (χ1n) is 9.88. The number of anilines is 1. The van der Waals surface area contributed by atoms with E-state index >= 15 is 0 Å². The van der Waals surface area contributed by atoms with Crippen LogP contribution in [0.3, 0.4) is 0 Å². The molecule has 27 heavy (non-hydrogen) atoms. The number of hydrogen-bond acceptors (Lipinski definition) is 3. The topological polar surface area (TPSA) is 50.8 Å². The van der Waals surface area contributed by atoms with Gasteiger partial charge in [0.15, 0.2) is 0 Å². The Kier molecular flexibility index (Phi) is 4.15. The summed E-state index contributed by atoms with van der Waals surface area (Å²) in [5, 5.41) is 3.11. The molecule has 0 fully saturated rings. The lowest BCUT2D eigenvalue weighted by Crippen LogP contribution is -2.43. The van der Waals surface area contributed by atoms with Crippen LogP contribution in [-0.2, 0) is 25.7 Å². The second-order valence-electron chi connectivity index (χ2n) is 7.38. The Hall–Kier alpha value is -2.69. The minimum atomic E-state index is -0.0106. The Bertz CT molecular complexity index is 861. The number of nitrogens with one attached hydrogen (secondary N) is 1. The third-order valence-electron chi connectivity index (χ3n) is 5.77. The maximum Gasteiger partial charge on any atom is 0.321 e. The highest BCUT2D eigenvalue weighted by molar-refractivity contribution is 5.93. The monoisotopic (exact) mass is 364 g/mol. The predicted molar refractivity (Wildman–Crippen MR) is 104 cm³/mol. The fraction of sp³-hybridized carbons (Fsp3) is 0.409. The van der Waals surface area contributed by atoms with Crippen LogP contribution < -0.4 is 19.7 Å². The van der Waals surface area contributed by atoms with Crippen LogP contribution >= 0.6 is 0 Å². The summed E-state index contributed by atoms with van der Waals surface area (Å²) in [5.74, 6) is 2.03. The first kappa shape index (κ1) is 16.5. The number of carbonyl (C=O) groups excluding carboxylic acids is 1. The van der Waals surface area contributed by atoms with E-state index in [9.17, 15) is 4.79 Å². The number of benzene rings is 2. The number of fused-ring (bicyclic) bond motifs is 3. The minimum Gasteiger partial charge on any atom is -0.493 e. The molecule has 0 bridgehead atoms. The zero-order valence-electron chi connectivity index (χ0n) is 15.4. The highest BCUT2D eigenvalue weighted by Crippen LogP contribution is 2.40. The fourth-order valence-corrected chi connectivity index (χ4v) is 4.48. The van der Waals surface area contributed by atoms with E-state index in [4.69, 9.17) is 9.47 Å². The second-order valence-corrected chi connectivity index (χ2v) is 7.38. The third-order valence-corrected chi connectivity index (χ3v) is 5.77. The molecule has 5 nitrogen and oxygen atoms in total. The molecule has 0 aliphatic carbocycles. The van der Waals surface area contributed by atoms with Gasteiger partial charge in [0.05, 0.1) is 13.2 Å². The van der Waals surface area contributed by atoms with E-state index in [0.29, 0.717) is 6.54 Å². The van der Waals surface area contributed by atoms with Gasteiger partial charge in [0.25, 0.3) is 0 Å². The van der Waals surface area contributed by atoms with Crippen LogP contribution in [-0.4, -0.2) is 32.3 Å². The molecule has 0 unspecified atom stereocenters. The first-order valence-corrected chi connectivity index (χ1v) is 9.88. The van der Waals surface area contributed by atoms with Gasteiger partial charge in [0.1, 0.15) is 11.5 Å². The van der Waals surface area contributed by atoms with Gasteiger partial charge in [-0.05, 0) is 37.0 Å². The van der Waals surface area contributed by atoms with Gasteiger partial charge in [-0.3, -0.25) is 4.90 Å². The molecule has 0 saturated carbocycles. The van der Waals surface area contributed by atoms with Crippen molar-refractivity contribution in [3.05, 3.63) is 52.6 Å². The number of amides is 2. The van der Waals surface area contributed by atoms with Crippen molar-refractivity contribution in [2.24, 2.45) is 0 Å². The molecule has 5 rings (SSSR count). The van der Waals surface area contributed by atoms with Crippen LogP contribution in [0.25, 0.3) is 0 Å². The largest absolute Gasteiger partial charge is 0.493 e. The zero-order chi connectivity index (χ0) is 18.2. The van der Waals surface area contributed by atoms with Gasteiger partial charge in [0, 0.05) is 48.3 Å². The van der Waals surface area contributed by atoms with Crippen molar-refractivity contribution < 1.29 is 14.3 Å². The van der Waals surface area contributed by atoms with E-state index in [-0.39, 0.29) is 6.03 Å². The van der Waals surface area contributed by atoms with E-state index < -0.39 is 0 Å². The molecule has 0 aromatic heterocycles. The molecule has 5 heteroatoms. The molecular weight excluding hydrogens is 340 g/mol. The van der Waals surface area contributed by atoms with Crippen LogP contribution in [0.2, 0.25) is 0 Å². The van der Waals surface area contributed by atoms with Gasteiger partial charge >= 0.3 is 6.03 Å². The lowest BCUT2D eigenvalue weighted by molar-refractivity contribution is 0.246. The Balaban J connectivity index is 1.30. The molecule has 3 aliphatic rings. The van der Waals surface area contributed by atoms with E-state index in [1.54, 1.807) is 0 Å². The number of rotatable bonds is 3. The molecule has 3 aliphatic heterocycles. The van der Waals surface area contributed by atoms with Crippen LogP contribution in [0.4, 0.5) is 10.5 Å². The fourth-order valence-electron chi connectivity index (χ4n) is 4.48. The van der Waals surface area contributed by atoms with Crippen LogP contribution in [0.5, 0.6) is 11.5 Å².